The minimum Gasteiger partial charge on any atom is -0.465 e. The van der Waals surface area contributed by atoms with Gasteiger partial charge in [-0.25, -0.2) is 9.78 Å². The molecule has 0 aliphatic rings. The second-order valence-corrected chi connectivity index (χ2v) is 9.56. The quantitative estimate of drug-likeness (QED) is 0.312. The number of nitrogen functional groups attached to an aromatic ring is 1. The smallest absolute Gasteiger partial charge is 0.405 e. The number of hydrogen-bond donors (Lipinski definition) is 3. The van der Waals surface area contributed by atoms with E-state index >= 15 is 0 Å². The number of carbonyl (C=O) groups is 1. The first-order valence-corrected chi connectivity index (χ1v) is 11.8. The topological polar surface area (TPSA) is 96.4 Å². The fourth-order valence-corrected chi connectivity index (χ4v) is 4.92. The van der Waals surface area contributed by atoms with E-state index in [4.69, 9.17) is 5.73 Å². The number of hydrogen-bond acceptors (Lipinski definition) is 4. The highest BCUT2D eigenvalue weighted by Gasteiger charge is 2.23. The van der Waals surface area contributed by atoms with Gasteiger partial charge in [-0.05, 0) is 82.2 Å². The number of rotatable bonds is 9. The largest absolute Gasteiger partial charge is 0.465 e. The molecule has 0 aliphatic heterocycles. The molecule has 0 saturated heterocycles. The Balaban J connectivity index is 2.01. The van der Waals surface area contributed by atoms with Gasteiger partial charge in [0.1, 0.15) is 5.82 Å². The number of aromatic nitrogens is 2. The summed E-state index contributed by atoms with van der Waals surface area (Å²) in [6.07, 6.45) is 2.08. The van der Waals surface area contributed by atoms with E-state index in [0.29, 0.717) is 17.9 Å². The second kappa shape index (κ2) is 11.0. The van der Waals surface area contributed by atoms with Gasteiger partial charge in [0, 0.05) is 21.9 Å². The monoisotopic (exact) mass is 563 g/mol. The molecule has 170 valence electrons. The molecule has 0 aliphatic carbocycles. The van der Waals surface area contributed by atoms with Crippen molar-refractivity contribution in [3.05, 3.63) is 69.0 Å². The minimum atomic E-state index is -1.09. The van der Waals surface area contributed by atoms with Crippen molar-refractivity contribution in [3.63, 3.8) is 0 Å². The van der Waals surface area contributed by atoms with E-state index in [1.807, 2.05) is 62.8 Å². The summed E-state index contributed by atoms with van der Waals surface area (Å²) >= 11 is 6.95. The highest BCUT2D eigenvalue weighted by atomic mass is 79.9. The van der Waals surface area contributed by atoms with Crippen molar-refractivity contribution in [2.24, 2.45) is 0 Å². The number of amides is 1. The predicted octanol–water partition coefficient (Wildman–Crippen LogP) is 5.16. The third kappa shape index (κ3) is 6.11. The van der Waals surface area contributed by atoms with E-state index in [1.165, 1.54) is 0 Å². The van der Waals surface area contributed by atoms with Crippen LogP contribution in [0.15, 0.2) is 57.6 Å². The number of nitrogens with two attached hydrogens (primary N) is 1. The summed E-state index contributed by atoms with van der Waals surface area (Å²) < 4.78 is 3.64. The van der Waals surface area contributed by atoms with Crippen molar-refractivity contribution in [1.29, 1.82) is 0 Å². The van der Waals surface area contributed by atoms with Gasteiger partial charge in [-0.1, -0.05) is 30.3 Å². The summed E-state index contributed by atoms with van der Waals surface area (Å²) in [5.74, 6) is 0.689. The number of anilines is 1. The second-order valence-electron chi connectivity index (χ2n) is 7.86. The van der Waals surface area contributed by atoms with E-state index in [2.05, 4.69) is 51.6 Å². The minimum absolute atomic E-state index is 0.433. The summed E-state index contributed by atoms with van der Waals surface area (Å²) in [7, 11) is 4.08. The summed E-state index contributed by atoms with van der Waals surface area (Å²) in [4.78, 5) is 18.5. The highest BCUT2D eigenvalue weighted by molar-refractivity contribution is 9.11. The van der Waals surface area contributed by atoms with Crippen LogP contribution in [0, 0.1) is 0 Å². The van der Waals surface area contributed by atoms with Gasteiger partial charge in [0.05, 0.1) is 23.6 Å². The van der Waals surface area contributed by atoms with Crippen molar-refractivity contribution in [2.75, 3.05) is 26.4 Å². The van der Waals surface area contributed by atoms with Crippen molar-refractivity contribution in [1.82, 2.24) is 19.8 Å². The van der Waals surface area contributed by atoms with Gasteiger partial charge in [-0.15, -0.1) is 0 Å². The van der Waals surface area contributed by atoms with Gasteiger partial charge in [0.15, 0.2) is 0 Å². The Morgan fingerprint density at radius 3 is 2.47 bits per heavy atom. The Morgan fingerprint density at radius 1 is 1.22 bits per heavy atom. The normalized spacial score (nSPS) is 12.2. The Bertz CT molecular complexity index is 1050. The fraction of sp³-hybridized carbons (Fsp3) is 0.304. The summed E-state index contributed by atoms with van der Waals surface area (Å²) in [5.41, 5.74) is 9.57. The number of nitrogens with one attached hydrogen (secondary N) is 1. The molecule has 0 spiro atoms. The van der Waals surface area contributed by atoms with Crippen molar-refractivity contribution in [3.8, 4) is 11.3 Å². The third-order valence-electron chi connectivity index (χ3n) is 5.13. The Labute approximate surface area is 204 Å². The van der Waals surface area contributed by atoms with Crippen molar-refractivity contribution >= 4 is 43.6 Å². The molecule has 3 rings (SSSR count). The van der Waals surface area contributed by atoms with Crippen molar-refractivity contribution < 1.29 is 9.90 Å². The Hall–Kier alpha value is -2.36. The molecule has 0 radical (unpaired) electrons. The lowest BCUT2D eigenvalue weighted by molar-refractivity contribution is 0.189. The SMILES string of the molecule is CN(C)CCCn1c(-c2ccccc2)cnc1[C@@H](Cc1cc(Br)c(N)c(Br)c1)NC(=O)O. The van der Waals surface area contributed by atoms with Crippen LogP contribution in [0.25, 0.3) is 11.3 Å². The lowest BCUT2D eigenvalue weighted by Gasteiger charge is -2.21. The maximum Gasteiger partial charge on any atom is 0.405 e. The first kappa shape index (κ1) is 24.3. The molecule has 0 fully saturated rings. The van der Waals surface area contributed by atoms with Crippen LogP contribution in [0.5, 0.6) is 0 Å². The zero-order valence-corrected chi connectivity index (χ0v) is 21.2. The van der Waals surface area contributed by atoms with Crippen molar-refractivity contribution in [2.45, 2.75) is 25.4 Å². The number of benzene rings is 2. The van der Waals surface area contributed by atoms with Crippen LogP contribution in [0.2, 0.25) is 0 Å². The average molecular weight is 565 g/mol. The van der Waals surface area contributed by atoms with E-state index in [9.17, 15) is 9.90 Å². The molecule has 1 heterocycles. The first-order chi connectivity index (χ1) is 15.3. The molecule has 4 N–H and O–H groups in total. The lowest BCUT2D eigenvalue weighted by Crippen LogP contribution is -2.31. The van der Waals surface area contributed by atoms with Gasteiger partial charge >= 0.3 is 6.09 Å². The van der Waals surface area contributed by atoms with E-state index in [-0.39, 0.29) is 0 Å². The van der Waals surface area contributed by atoms with E-state index in [0.717, 1.165) is 45.3 Å². The number of halogens is 2. The molecule has 0 unspecified atom stereocenters. The Morgan fingerprint density at radius 2 is 1.88 bits per heavy atom. The molecule has 2 aromatic carbocycles. The van der Waals surface area contributed by atoms with Crippen LogP contribution in [0.4, 0.5) is 10.5 Å². The molecule has 32 heavy (non-hydrogen) atoms. The van der Waals surface area contributed by atoms with Gasteiger partial charge in [-0.3, -0.25) is 0 Å². The van der Waals surface area contributed by atoms with Crippen LogP contribution in [-0.4, -0.2) is 46.3 Å². The molecule has 1 amide bonds. The summed E-state index contributed by atoms with van der Waals surface area (Å²) in [5, 5.41) is 12.2. The van der Waals surface area contributed by atoms with Crippen LogP contribution >= 0.6 is 31.9 Å². The zero-order chi connectivity index (χ0) is 23.3. The number of nitrogens with zero attached hydrogens (tertiary/aromatic N) is 3. The van der Waals surface area contributed by atoms with Gasteiger partial charge < -0.3 is 25.6 Å². The highest BCUT2D eigenvalue weighted by Crippen LogP contribution is 2.32. The maximum absolute atomic E-state index is 11.7. The molecular formula is C23H27Br2N5O2. The maximum atomic E-state index is 11.7. The van der Waals surface area contributed by atoms with E-state index in [1.54, 1.807) is 0 Å². The summed E-state index contributed by atoms with van der Waals surface area (Å²) in [6.45, 7) is 1.64. The van der Waals surface area contributed by atoms with Crippen LogP contribution in [0.1, 0.15) is 23.9 Å². The summed E-state index contributed by atoms with van der Waals surface area (Å²) in [6, 6.07) is 13.3. The van der Waals surface area contributed by atoms with Crippen LogP contribution < -0.4 is 11.1 Å². The fourth-order valence-electron chi connectivity index (χ4n) is 3.63. The van der Waals surface area contributed by atoms with Gasteiger partial charge in [0.2, 0.25) is 0 Å². The number of carboxylic acid groups (broad SMARTS) is 1. The molecule has 0 saturated carbocycles. The molecule has 1 aromatic heterocycles. The molecular weight excluding hydrogens is 538 g/mol. The van der Waals surface area contributed by atoms with Crippen LogP contribution in [0.3, 0.4) is 0 Å². The standard InChI is InChI=1S/C23H27Br2N5O2/c1-29(2)9-6-10-30-20(16-7-4-3-5-8-16)14-27-22(30)19(28-23(31)32)13-15-11-17(24)21(26)18(25)12-15/h3-5,7-8,11-12,14,19,28H,6,9-10,13,26H2,1-2H3,(H,31,32)/t19-/m1/s1. The average Bonchev–Trinajstić information content (AvgIpc) is 3.15. The zero-order valence-electron chi connectivity index (χ0n) is 18.1. The molecule has 9 heteroatoms. The first-order valence-electron chi connectivity index (χ1n) is 10.2. The molecule has 7 nitrogen and oxygen atoms in total. The van der Waals surface area contributed by atoms with Gasteiger partial charge in [0.25, 0.3) is 0 Å². The molecule has 0 bridgehead atoms. The molecule has 3 aromatic rings. The third-order valence-corrected chi connectivity index (χ3v) is 6.44. The number of imidazole rings is 1. The van der Waals surface area contributed by atoms with E-state index < -0.39 is 12.1 Å². The Kier molecular flexibility index (Phi) is 8.33. The lowest BCUT2D eigenvalue weighted by atomic mass is 10.0. The predicted molar refractivity (Wildman–Crippen MR) is 135 cm³/mol. The van der Waals surface area contributed by atoms with Crippen LogP contribution in [-0.2, 0) is 13.0 Å². The van der Waals surface area contributed by atoms with Gasteiger partial charge in [-0.2, -0.15) is 0 Å². The molecule has 1 atom stereocenters.